The van der Waals surface area contributed by atoms with Crippen LogP contribution in [0.5, 0.6) is 0 Å². The maximum absolute atomic E-state index is 5.36. The molecule has 27 heavy (non-hydrogen) atoms. The molecule has 0 atom stereocenters. The summed E-state index contributed by atoms with van der Waals surface area (Å²) in [5, 5.41) is 13.3. The molecule has 0 radical (unpaired) electrons. The second-order valence-corrected chi connectivity index (χ2v) is 8.14. The number of aromatic nitrogens is 4. The lowest BCUT2D eigenvalue weighted by molar-refractivity contribution is 0.0759. The molecule has 0 N–H and O–H groups in total. The molecule has 2 aliphatic rings. The number of nitrogens with zero attached hydrogens (tertiary/aromatic N) is 4. The van der Waals surface area contributed by atoms with E-state index in [1.165, 1.54) is 18.4 Å². The molecule has 2 aliphatic heterocycles. The molecule has 0 saturated carbocycles. The van der Waals surface area contributed by atoms with Crippen molar-refractivity contribution in [2.24, 2.45) is 5.92 Å². The summed E-state index contributed by atoms with van der Waals surface area (Å²) in [6, 6.07) is 9.97. The van der Waals surface area contributed by atoms with E-state index in [1.807, 2.05) is 30.3 Å². The zero-order chi connectivity index (χ0) is 18.9. The van der Waals surface area contributed by atoms with Gasteiger partial charge in [0.1, 0.15) is 0 Å². The fourth-order valence-corrected chi connectivity index (χ4v) is 4.17. The summed E-state index contributed by atoms with van der Waals surface area (Å²) in [7, 11) is 0. The molecule has 0 aliphatic carbocycles. The second kappa shape index (κ2) is 10.6. The minimum absolute atomic E-state index is 0.548. The number of tetrazole rings is 1. The molecule has 2 fully saturated rings. The third-order valence-electron chi connectivity index (χ3n) is 4.80. The van der Waals surface area contributed by atoms with Gasteiger partial charge in [0.15, 0.2) is 0 Å². The molecular formula is C20H28N4O2S. The van der Waals surface area contributed by atoms with E-state index in [9.17, 15) is 0 Å². The molecular weight excluding hydrogens is 360 g/mol. The van der Waals surface area contributed by atoms with E-state index in [1.54, 1.807) is 16.4 Å². The predicted octanol–water partition coefficient (Wildman–Crippen LogP) is 3.92. The molecule has 0 unspecified atom stereocenters. The summed E-state index contributed by atoms with van der Waals surface area (Å²) in [6.45, 7) is 9.56. The maximum Gasteiger partial charge on any atom is 0.214 e. The van der Waals surface area contributed by atoms with E-state index in [0.717, 1.165) is 56.0 Å². The van der Waals surface area contributed by atoms with Crippen LogP contribution >= 0.6 is 11.8 Å². The molecule has 3 heterocycles. The fraction of sp³-hybridized carbons (Fsp3) is 0.550. The summed E-state index contributed by atoms with van der Waals surface area (Å²) in [6.07, 6.45) is 4.48. The summed E-state index contributed by atoms with van der Waals surface area (Å²) >= 11 is 1.74. The minimum atomic E-state index is 0.548. The van der Waals surface area contributed by atoms with Crippen molar-refractivity contribution in [1.29, 1.82) is 0 Å². The average molecular weight is 389 g/mol. The van der Waals surface area contributed by atoms with Gasteiger partial charge in [0.2, 0.25) is 5.16 Å². The lowest BCUT2D eigenvalue weighted by Gasteiger charge is -2.21. The summed E-state index contributed by atoms with van der Waals surface area (Å²) in [5.41, 5.74) is 2.32. The van der Waals surface area contributed by atoms with Crippen LogP contribution in [-0.2, 0) is 9.47 Å². The first-order valence-electron chi connectivity index (χ1n) is 9.55. The smallest absolute Gasteiger partial charge is 0.214 e. The Hall–Kier alpha value is -1.70. The molecule has 4 rings (SSSR count). The van der Waals surface area contributed by atoms with Crippen molar-refractivity contribution in [1.82, 2.24) is 20.2 Å². The van der Waals surface area contributed by atoms with Gasteiger partial charge in [-0.25, -0.2) is 0 Å². The van der Waals surface area contributed by atoms with E-state index >= 15 is 0 Å². The first-order chi connectivity index (χ1) is 13.2. The van der Waals surface area contributed by atoms with Crippen LogP contribution in [0.25, 0.3) is 5.69 Å². The zero-order valence-electron chi connectivity index (χ0n) is 15.9. The quantitative estimate of drug-likeness (QED) is 0.740. The van der Waals surface area contributed by atoms with E-state index in [4.69, 9.17) is 9.47 Å². The molecule has 6 nitrogen and oxygen atoms in total. The Kier molecular flexibility index (Phi) is 7.86. The van der Waals surface area contributed by atoms with Gasteiger partial charge in [-0.05, 0) is 61.1 Å². The monoisotopic (exact) mass is 388 g/mol. The number of rotatable bonds is 4. The van der Waals surface area contributed by atoms with Crippen molar-refractivity contribution in [2.75, 3.05) is 26.4 Å². The number of allylic oxidation sites excluding steroid dienone is 1. The first-order valence-corrected chi connectivity index (χ1v) is 10.4. The van der Waals surface area contributed by atoms with Crippen LogP contribution in [0.15, 0.2) is 47.6 Å². The lowest BCUT2D eigenvalue weighted by atomic mass is 9.94. The van der Waals surface area contributed by atoms with Crippen molar-refractivity contribution < 1.29 is 9.47 Å². The number of hydrogen-bond donors (Lipinski definition) is 0. The van der Waals surface area contributed by atoms with E-state index in [0.29, 0.717) is 5.25 Å². The van der Waals surface area contributed by atoms with Crippen molar-refractivity contribution in [3.8, 4) is 5.69 Å². The Bertz CT molecular complexity index is 695. The Morgan fingerprint density at radius 3 is 2.26 bits per heavy atom. The molecule has 146 valence electrons. The Labute approximate surface area is 165 Å². The van der Waals surface area contributed by atoms with Crippen LogP contribution in [-0.4, -0.2) is 51.9 Å². The molecule has 2 aromatic rings. The maximum atomic E-state index is 5.36. The minimum Gasteiger partial charge on any atom is -0.381 e. The van der Waals surface area contributed by atoms with Crippen molar-refractivity contribution in [2.45, 2.75) is 43.0 Å². The van der Waals surface area contributed by atoms with E-state index < -0.39 is 0 Å². The SMILES string of the molecule is C=C(C)C1CCOCC1.c1ccc(-n2nnnc2SC2CCOCC2)cc1. The first kappa shape index (κ1) is 20.0. The highest BCUT2D eigenvalue weighted by Crippen LogP contribution is 2.28. The van der Waals surface area contributed by atoms with Crippen molar-refractivity contribution in [3.05, 3.63) is 42.5 Å². The number of benzene rings is 1. The highest BCUT2D eigenvalue weighted by Gasteiger charge is 2.19. The summed E-state index contributed by atoms with van der Waals surface area (Å²) in [5.74, 6) is 0.735. The van der Waals surface area contributed by atoms with Crippen LogP contribution < -0.4 is 0 Å². The molecule has 0 spiro atoms. The fourth-order valence-electron chi connectivity index (χ4n) is 3.12. The van der Waals surface area contributed by atoms with Gasteiger partial charge in [0.25, 0.3) is 0 Å². The van der Waals surface area contributed by atoms with Crippen LogP contribution in [0.2, 0.25) is 0 Å². The molecule has 0 bridgehead atoms. The van der Waals surface area contributed by atoms with Gasteiger partial charge in [-0.3, -0.25) is 0 Å². The van der Waals surface area contributed by atoms with Gasteiger partial charge in [-0.15, -0.1) is 5.10 Å². The molecule has 1 aromatic carbocycles. The van der Waals surface area contributed by atoms with Crippen molar-refractivity contribution >= 4 is 11.8 Å². The Morgan fingerprint density at radius 2 is 1.67 bits per heavy atom. The largest absolute Gasteiger partial charge is 0.381 e. The third kappa shape index (κ3) is 6.16. The molecule has 0 amide bonds. The van der Waals surface area contributed by atoms with Crippen molar-refractivity contribution in [3.63, 3.8) is 0 Å². The normalized spacial score (nSPS) is 18.6. The molecule has 1 aromatic heterocycles. The zero-order valence-corrected chi connectivity index (χ0v) is 16.7. The number of ether oxygens (including phenoxy) is 2. The van der Waals surface area contributed by atoms with Crippen LogP contribution in [0.1, 0.15) is 32.6 Å². The third-order valence-corrected chi connectivity index (χ3v) is 6.07. The average Bonchev–Trinajstić information content (AvgIpc) is 3.19. The number of para-hydroxylation sites is 1. The highest BCUT2D eigenvalue weighted by atomic mass is 32.2. The second-order valence-electron chi connectivity index (χ2n) is 6.87. The number of thioether (sulfide) groups is 1. The lowest BCUT2D eigenvalue weighted by Crippen LogP contribution is -2.18. The van der Waals surface area contributed by atoms with E-state index in [2.05, 4.69) is 29.0 Å². The highest BCUT2D eigenvalue weighted by molar-refractivity contribution is 7.99. The topological polar surface area (TPSA) is 62.1 Å². The van der Waals surface area contributed by atoms with Crippen LogP contribution in [0, 0.1) is 5.92 Å². The van der Waals surface area contributed by atoms with Crippen LogP contribution in [0.3, 0.4) is 0 Å². The summed E-state index contributed by atoms with van der Waals surface area (Å²) < 4.78 is 12.4. The molecule has 2 saturated heterocycles. The van der Waals surface area contributed by atoms with Gasteiger partial charge in [0, 0.05) is 31.7 Å². The van der Waals surface area contributed by atoms with Gasteiger partial charge >= 0.3 is 0 Å². The van der Waals surface area contributed by atoms with E-state index in [-0.39, 0.29) is 0 Å². The standard InChI is InChI=1S/C12H14N4OS.C8H14O/c1-2-4-10(5-3-1)16-12(13-14-15-16)18-11-6-8-17-9-7-11;1-7(2)8-3-5-9-6-4-8/h1-5,11H,6-9H2;8H,1,3-6H2,2H3. The summed E-state index contributed by atoms with van der Waals surface area (Å²) in [4.78, 5) is 0. The van der Waals surface area contributed by atoms with Gasteiger partial charge < -0.3 is 9.47 Å². The number of hydrogen-bond acceptors (Lipinski definition) is 6. The van der Waals surface area contributed by atoms with Gasteiger partial charge in [-0.1, -0.05) is 42.1 Å². The molecule has 7 heteroatoms. The van der Waals surface area contributed by atoms with Gasteiger partial charge in [-0.2, -0.15) is 4.68 Å². The van der Waals surface area contributed by atoms with Crippen LogP contribution in [0.4, 0.5) is 0 Å². The van der Waals surface area contributed by atoms with Gasteiger partial charge in [0.05, 0.1) is 5.69 Å². The Balaban J connectivity index is 0.000000197. The predicted molar refractivity (Wildman–Crippen MR) is 107 cm³/mol. The Morgan fingerprint density at radius 1 is 1.04 bits per heavy atom.